The van der Waals surface area contributed by atoms with Gasteiger partial charge in [-0.25, -0.2) is 9.89 Å². The molecule has 0 aliphatic rings. The second-order valence-corrected chi connectivity index (χ2v) is 5.05. The maximum atomic E-state index is 11.4. The number of nitrogens with one attached hydrogen (secondary N) is 2. The maximum Gasteiger partial charge on any atom is 0.364 e. The van der Waals surface area contributed by atoms with Crippen molar-refractivity contribution in [2.24, 2.45) is 5.92 Å². The van der Waals surface area contributed by atoms with Gasteiger partial charge in [0, 0.05) is 6.54 Å². The van der Waals surface area contributed by atoms with Crippen LogP contribution in [0.2, 0.25) is 0 Å². The van der Waals surface area contributed by atoms with Gasteiger partial charge in [-0.3, -0.25) is 0 Å². The van der Waals surface area contributed by atoms with Gasteiger partial charge in [-0.2, -0.15) is 9.61 Å². The summed E-state index contributed by atoms with van der Waals surface area (Å²) in [4.78, 5) is 11.4. The van der Waals surface area contributed by atoms with E-state index >= 15 is 0 Å². The van der Waals surface area contributed by atoms with E-state index in [0.29, 0.717) is 23.9 Å². The largest absolute Gasteiger partial charge is 0.367 e. The van der Waals surface area contributed by atoms with Crippen LogP contribution in [-0.4, -0.2) is 31.7 Å². The molecule has 1 unspecified atom stereocenters. The maximum absolute atomic E-state index is 11.4. The van der Waals surface area contributed by atoms with Crippen molar-refractivity contribution < 1.29 is 0 Å². The van der Waals surface area contributed by atoms with Gasteiger partial charge in [-0.1, -0.05) is 26.7 Å². The minimum absolute atomic E-state index is 0.0496. The van der Waals surface area contributed by atoms with E-state index in [9.17, 15) is 4.79 Å². The van der Waals surface area contributed by atoms with Crippen molar-refractivity contribution in [3.05, 3.63) is 22.6 Å². The second kappa shape index (κ2) is 6.06. The zero-order valence-corrected chi connectivity index (χ0v) is 11.8. The molecule has 0 bridgehead atoms. The van der Waals surface area contributed by atoms with Crippen LogP contribution in [0.25, 0.3) is 5.65 Å². The molecule has 2 aromatic heterocycles. The van der Waals surface area contributed by atoms with Gasteiger partial charge in [0.1, 0.15) is 5.82 Å². The molecule has 0 radical (unpaired) electrons. The van der Waals surface area contributed by atoms with Crippen molar-refractivity contribution >= 4 is 23.1 Å². The van der Waals surface area contributed by atoms with Crippen LogP contribution in [0.3, 0.4) is 0 Å². The minimum atomic E-state index is -0.346. The van der Waals surface area contributed by atoms with Crippen LogP contribution in [0.4, 0.5) is 5.82 Å². The molecule has 0 aliphatic heterocycles. The highest BCUT2D eigenvalue weighted by Crippen LogP contribution is 2.18. The molecule has 6 nitrogen and oxygen atoms in total. The first-order valence-corrected chi connectivity index (χ1v) is 6.91. The number of anilines is 1. The molecule has 19 heavy (non-hydrogen) atoms. The van der Waals surface area contributed by atoms with Gasteiger partial charge < -0.3 is 5.32 Å². The van der Waals surface area contributed by atoms with E-state index in [2.05, 4.69) is 34.5 Å². The molecule has 2 N–H and O–H groups in total. The summed E-state index contributed by atoms with van der Waals surface area (Å²) >= 11 is 6.35. The molecule has 0 amide bonds. The van der Waals surface area contributed by atoms with E-state index in [1.807, 2.05) is 0 Å². The number of fused-ring (bicyclic) bond motifs is 1. The Balaban J connectivity index is 2.05. The highest BCUT2D eigenvalue weighted by molar-refractivity contribution is 6.21. The average molecular weight is 284 g/mol. The predicted molar refractivity (Wildman–Crippen MR) is 75.8 cm³/mol. The monoisotopic (exact) mass is 283 g/mol. The predicted octanol–water partition coefficient (Wildman–Crippen LogP) is 1.87. The number of H-pyrrole nitrogens is 1. The van der Waals surface area contributed by atoms with Gasteiger partial charge in [0.05, 0.1) is 5.38 Å². The Morgan fingerprint density at radius 2 is 2.16 bits per heavy atom. The number of rotatable bonds is 6. The Kier molecular flexibility index (Phi) is 4.42. The van der Waals surface area contributed by atoms with Crippen LogP contribution in [0.1, 0.15) is 26.7 Å². The first-order chi connectivity index (χ1) is 9.15. The van der Waals surface area contributed by atoms with E-state index < -0.39 is 0 Å². The van der Waals surface area contributed by atoms with Crippen molar-refractivity contribution in [2.45, 2.75) is 32.1 Å². The third-order valence-corrected chi connectivity index (χ3v) is 3.82. The van der Waals surface area contributed by atoms with Crippen LogP contribution in [0.5, 0.6) is 0 Å². The lowest BCUT2D eigenvalue weighted by Crippen LogP contribution is -2.24. The molecule has 1 atom stereocenters. The fraction of sp³-hybridized carbons (Fsp3) is 0.583. The zero-order valence-electron chi connectivity index (χ0n) is 11.1. The van der Waals surface area contributed by atoms with Crippen molar-refractivity contribution in [3.8, 4) is 0 Å². The van der Waals surface area contributed by atoms with Gasteiger partial charge in [0.2, 0.25) is 0 Å². The molecule has 0 saturated carbocycles. The average Bonchev–Trinajstić information content (AvgIpc) is 2.79. The third-order valence-electron chi connectivity index (χ3n) is 3.31. The van der Waals surface area contributed by atoms with E-state index in [4.69, 9.17) is 11.6 Å². The van der Waals surface area contributed by atoms with E-state index in [-0.39, 0.29) is 11.1 Å². The van der Waals surface area contributed by atoms with Crippen molar-refractivity contribution in [1.29, 1.82) is 0 Å². The van der Waals surface area contributed by atoms with Crippen LogP contribution in [-0.2, 0) is 0 Å². The fourth-order valence-electron chi connectivity index (χ4n) is 2.07. The number of hydrogen-bond donors (Lipinski definition) is 2. The number of alkyl halides is 1. The molecular weight excluding hydrogens is 266 g/mol. The summed E-state index contributed by atoms with van der Waals surface area (Å²) in [7, 11) is 0. The summed E-state index contributed by atoms with van der Waals surface area (Å²) in [5.41, 5.74) is 0.152. The molecular formula is C12H18ClN5O. The smallest absolute Gasteiger partial charge is 0.364 e. The molecule has 2 rings (SSSR count). The number of halogens is 1. The van der Waals surface area contributed by atoms with Crippen molar-refractivity contribution in [2.75, 3.05) is 11.9 Å². The zero-order chi connectivity index (χ0) is 13.8. The highest BCUT2D eigenvalue weighted by atomic mass is 35.5. The van der Waals surface area contributed by atoms with Crippen molar-refractivity contribution in [1.82, 2.24) is 19.8 Å². The normalized spacial score (nSPS) is 13.1. The summed E-state index contributed by atoms with van der Waals surface area (Å²) in [6, 6.07) is 3.51. The second-order valence-electron chi connectivity index (χ2n) is 4.49. The molecule has 0 saturated heterocycles. The number of aromatic nitrogens is 4. The molecule has 0 fully saturated rings. The van der Waals surface area contributed by atoms with Gasteiger partial charge in [-0.15, -0.1) is 16.7 Å². The molecule has 7 heteroatoms. The molecule has 2 aromatic rings. The van der Waals surface area contributed by atoms with Gasteiger partial charge >= 0.3 is 5.69 Å². The molecule has 104 valence electrons. The lowest BCUT2D eigenvalue weighted by atomic mass is 9.99. The highest BCUT2D eigenvalue weighted by Gasteiger charge is 2.15. The Labute approximate surface area is 116 Å². The third kappa shape index (κ3) is 3.07. The van der Waals surface area contributed by atoms with E-state index in [1.165, 1.54) is 4.52 Å². The quantitative estimate of drug-likeness (QED) is 0.794. The first-order valence-electron chi connectivity index (χ1n) is 6.48. The van der Waals surface area contributed by atoms with Gasteiger partial charge in [0.15, 0.2) is 5.65 Å². The van der Waals surface area contributed by atoms with Crippen molar-refractivity contribution in [3.63, 3.8) is 0 Å². The Morgan fingerprint density at radius 1 is 1.42 bits per heavy atom. The summed E-state index contributed by atoms with van der Waals surface area (Å²) in [6.45, 7) is 4.90. The molecule has 2 heterocycles. The SMILES string of the molecule is CCC(CC)C(Cl)CNc1ccc2n[nH]c(=O)n2n1. The Hall–Kier alpha value is -1.56. The van der Waals surface area contributed by atoms with E-state index in [1.54, 1.807) is 12.1 Å². The summed E-state index contributed by atoms with van der Waals surface area (Å²) in [5.74, 6) is 1.10. The number of nitrogens with zero attached hydrogens (tertiary/aromatic N) is 3. The van der Waals surface area contributed by atoms with Crippen LogP contribution in [0.15, 0.2) is 16.9 Å². The van der Waals surface area contributed by atoms with E-state index in [0.717, 1.165) is 12.8 Å². The number of hydrogen-bond acceptors (Lipinski definition) is 4. The summed E-state index contributed by atoms with van der Waals surface area (Å²) in [5, 5.41) is 13.5. The minimum Gasteiger partial charge on any atom is -0.367 e. The molecule has 0 spiro atoms. The van der Waals surface area contributed by atoms with Gasteiger partial charge in [0.25, 0.3) is 0 Å². The first kappa shape index (κ1) is 13.9. The topological polar surface area (TPSA) is 75.1 Å². The summed E-state index contributed by atoms with van der Waals surface area (Å²) < 4.78 is 1.22. The van der Waals surface area contributed by atoms with Crippen LogP contribution in [0, 0.1) is 5.92 Å². The lowest BCUT2D eigenvalue weighted by molar-refractivity contribution is 0.475. The number of aromatic amines is 1. The Bertz CT molecular complexity index is 589. The Morgan fingerprint density at radius 3 is 2.84 bits per heavy atom. The standard InChI is InChI=1S/C12H18ClN5O/c1-3-8(4-2)9(13)7-14-10-5-6-11-15-16-12(19)18(11)17-10/h5-6,8-9H,3-4,7H2,1-2H3,(H,14,17)(H,16,19). The van der Waals surface area contributed by atoms with Gasteiger partial charge in [-0.05, 0) is 18.1 Å². The fourth-order valence-corrected chi connectivity index (χ4v) is 2.50. The van der Waals surface area contributed by atoms with Crippen LogP contribution >= 0.6 is 11.6 Å². The van der Waals surface area contributed by atoms with Crippen LogP contribution < -0.4 is 11.0 Å². The molecule has 0 aliphatic carbocycles. The molecule has 0 aromatic carbocycles. The lowest BCUT2D eigenvalue weighted by Gasteiger charge is -2.19. The summed E-state index contributed by atoms with van der Waals surface area (Å²) in [6.07, 6.45) is 2.11.